The van der Waals surface area contributed by atoms with Gasteiger partial charge < -0.3 is 9.29 Å². The maximum absolute atomic E-state index is 14.0. The number of halogens is 8. The van der Waals surface area contributed by atoms with E-state index in [9.17, 15) is 35.3 Å². The van der Waals surface area contributed by atoms with Crippen molar-refractivity contribution in [1.82, 2.24) is 4.98 Å². The molecule has 1 atom stereocenters. The molecule has 0 saturated heterocycles. The van der Waals surface area contributed by atoms with Gasteiger partial charge >= 0.3 is 12.4 Å². The van der Waals surface area contributed by atoms with Gasteiger partial charge in [0.1, 0.15) is 5.02 Å². The molecule has 1 heterocycles. The molecule has 3 nitrogen and oxygen atoms in total. The normalized spacial score (nSPS) is 13.6. The van der Waals surface area contributed by atoms with Crippen LogP contribution in [0.5, 0.6) is 11.6 Å². The minimum Gasteiger partial charge on any atom is -0.611 e. The van der Waals surface area contributed by atoms with Gasteiger partial charge in [0, 0.05) is 17.8 Å². The zero-order chi connectivity index (χ0) is 20.6. The fourth-order valence-corrected chi connectivity index (χ4v) is 3.26. The van der Waals surface area contributed by atoms with Gasteiger partial charge in [-0.1, -0.05) is 11.6 Å². The summed E-state index contributed by atoms with van der Waals surface area (Å²) in [7, 11) is 0. The van der Waals surface area contributed by atoms with E-state index in [-0.39, 0.29) is 10.5 Å². The highest BCUT2D eigenvalue weighted by Crippen LogP contribution is 2.36. The molecule has 0 amide bonds. The Hall–Kier alpha value is -1.72. The third-order valence-electron chi connectivity index (χ3n) is 3.11. The van der Waals surface area contributed by atoms with Gasteiger partial charge in [-0.25, -0.2) is 9.37 Å². The third-order valence-corrected chi connectivity index (χ3v) is 4.90. The molecule has 0 fully saturated rings. The van der Waals surface area contributed by atoms with Crippen LogP contribution in [0.15, 0.2) is 29.3 Å². The van der Waals surface area contributed by atoms with Crippen LogP contribution in [-0.4, -0.2) is 21.5 Å². The van der Waals surface area contributed by atoms with Crippen LogP contribution in [-0.2, 0) is 17.4 Å². The highest BCUT2D eigenvalue weighted by atomic mass is 35.5. The standard InChI is InChI=1S/C15H9ClF7NO2S/c1-7-2-10(17)11(4-12(7)27(25)6-14(18,19)20)26-13-9(16)3-8(5-24-13)15(21,22)23/h2-5H,6H2,1H3. The molecule has 1 aromatic carbocycles. The number of aryl methyl sites for hydroxylation is 1. The number of benzene rings is 1. The summed E-state index contributed by atoms with van der Waals surface area (Å²) in [6.07, 6.45) is -9.03. The van der Waals surface area contributed by atoms with Gasteiger partial charge in [-0.2, -0.15) is 26.3 Å². The first-order valence-corrected chi connectivity index (χ1v) is 8.63. The molecule has 27 heavy (non-hydrogen) atoms. The number of alkyl halides is 6. The maximum Gasteiger partial charge on any atom is 0.433 e. The fraction of sp³-hybridized carbons (Fsp3) is 0.267. The summed E-state index contributed by atoms with van der Waals surface area (Å²) in [6.45, 7) is 1.25. The zero-order valence-corrected chi connectivity index (χ0v) is 14.8. The lowest BCUT2D eigenvalue weighted by Crippen LogP contribution is -2.23. The van der Waals surface area contributed by atoms with E-state index in [1.54, 1.807) is 0 Å². The lowest BCUT2D eigenvalue weighted by molar-refractivity contribution is -0.137. The number of aromatic nitrogens is 1. The summed E-state index contributed by atoms with van der Waals surface area (Å²) in [4.78, 5) is 3.00. The van der Waals surface area contributed by atoms with E-state index in [0.717, 1.165) is 12.1 Å². The van der Waals surface area contributed by atoms with Gasteiger partial charge in [0.2, 0.25) is 11.6 Å². The molecule has 12 heteroatoms. The van der Waals surface area contributed by atoms with Crippen LogP contribution in [0.2, 0.25) is 5.02 Å². The predicted molar refractivity (Wildman–Crippen MR) is 82.8 cm³/mol. The molecule has 0 bridgehead atoms. The van der Waals surface area contributed by atoms with Crippen molar-refractivity contribution in [2.45, 2.75) is 24.2 Å². The van der Waals surface area contributed by atoms with Crippen LogP contribution < -0.4 is 4.74 Å². The quantitative estimate of drug-likeness (QED) is 0.459. The molecule has 0 saturated carbocycles. The van der Waals surface area contributed by atoms with Crippen LogP contribution in [0, 0.1) is 12.7 Å². The minimum atomic E-state index is -4.72. The van der Waals surface area contributed by atoms with E-state index in [2.05, 4.69) is 4.98 Å². The van der Waals surface area contributed by atoms with Crippen molar-refractivity contribution in [3.8, 4) is 11.6 Å². The summed E-state index contributed by atoms with van der Waals surface area (Å²) in [5.74, 6) is -3.98. The van der Waals surface area contributed by atoms with E-state index in [1.165, 1.54) is 6.92 Å². The van der Waals surface area contributed by atoms with Crippen LogP contribution in [0.1, 0.15) is 11.1 Å². The largest absolute Gasteiger partial charge is 0.611 e. The molecule has 0 aliphatic heterocycles. The number of hydrogen-bond donors (Lipinski definition) is 0. The Morgan fingerprint density at radius 3 is 2.30 bits per heavy atom. The second-order valence-electron chi connectivity index (χ2n) is 5.26. The van der Waals surface area contributed by atoms with E-state index in [4.69, 9.17) is 16.3 Å². The topological polar surface area (TPSA) is 45.2 Å². The van der Waals surface area contributed by atoms with Crippen molar-refractivity contribution in [3.63, 3.8) is 0 Å². The molecule has 2 rings (SSSR count). The Labute approximate surface area is 156 Å². The Balaban J connectivity index is 2.35. The second-order valence-corrected chi connectivity index (χ2v) is 7.09. The van der Waals surface area contributed by atoms with Gasteiger partial charge in [0.05, 0.1) is 5.56 Å². The lowest BCUT2D eigenvalue weighted by Gasteiger charge is -2.16. The van der Waals surface area contributed by atoms with E-state index >= 15 is 0 Å². The van der Waals surface area contributed by atoms with Crippen molar-refractivity contribution in [2.24, 2.45) is 0 Å². The Morgan fingerprint density at radius 2 is 1.78 bits per heavy atom. The Bertz CT molecular complexity index is 842. The zero-order valence-electron chi connectivity index (χ0n) is 13.2. The summed E-state index contributed by atoms with van der Waals surface area (Å²) < 4.78 is 106. The minimum absolute atomic E-state index is 0.0195. The summed E-state index contributed by atoms with van der Waals surface area (Å²) in [6, 6.07) is 2.05. The molecule has 0 aliphatic carbocycles. The van der Waals surface area contributed by atoms with E-state index in [0.29, 0.717) is 12.3 Å². The van der Waals surface area contributed by atoms with Crippen LogP contribution >= 0.6 is 11.6 Å². The molecule has 0 N–H and O–H groups in total. The average Bonchev–Trinajstić information content (AvgIpc) is 2.48. The second kappa shape index (κ2) is 7.72. The Morgan fingerprint density at radius 1 is 1.15 bits per heavy atom. The fourth-order valence-electron chi connectivity index (χ4n) is 1.94. The molecule has 2 aromatic rings. The summed E-state index contributed by atoms with van der Waals surface area (Å²) in [5, 5.41) is -0.595. The molecule has 148 valence electrons. The number of nitrogens with zero attached hydrogens (tertiary/aromatic N) is 1. The molecular weight excluding hydrogens is 427 g/mol. The first-order chi connectivity index (χ1) is 12.3. The van der Waals surface area contributed by atoms with Gasteiger partial charge in [0.15, 0.2) is 16.5 Å². The van der Waals surface area contributed by atoms with Gasteiger partial charge in [-0.15, -0.1) is 0 Å². The van der Waals surface area contributed by atoms with Crippen LogP contribution in [0.3, 0.4) is 0 Å². The molecule has 0 aliphatic rings. The van der Waals surface area contributed by atoms with Crippen molar-refractivity contribution >= 4 is 22.8 Å². The molecule has 1 aromatic heterocycles. The van der Waals surface area contributed by atoms with Crippen molar-refractivity contribution in [3.05, 3.63) is 46.4 Å². The van der Waals surface area contributed by atoms with Crippen molar-refractivity contribution in [2.75, 3.05) is 5.75 Å². The SMILES string of the molecule is Cc1cc(F)c(Oc2ncc(C(F)(F)F)cc2Cl)cc1[S+]([O-])CC(F)(F)F. The predicted octanol–water partition coefficient (Wildman–Crippen LogP) is 5.66. The van der Waals surface area contributed by atoms with Gasteiger partial charge in [-0.05, 0) is 30.2 Å². The third kappa shape index (κ3) is 5.63. The van der Waals surface area contributed by atoms with Gasteiger partial charge in [-0.3, -0.25) is 0 Å². The maximum atomic E-state index is 14.0. The average molecular weight is 436 g/mol. The first-order valence-electron chi connectivity index (χ1n) is 6.94. The first kappa shape index (κ1) is 21.6. The van der Waals surface area contributed by atoms with E-state index in [1.807, 2.05) is 0 Å². The van der Waals surface area contributed by atoms with Gasteiger partial charge in [0.25, 0.3) is 0 Å². The van der Waals surface area contributed by atoms with Crippen molar-refractivity contribution in [1.29, 1.82) is 0 Å². The highest BCUT2D eigenvalue weighted by Gasteiger charge is 2.37. The van der Waals surface area contributed by atoms with E-state index < -0.39 is 57.3 Å². The highest BCUT2D eigenvalue weighted by molar-refractivity contribution is 7.91. The smallest absolute Gasteiger partial charge is 0.433 e. The Kier molecular flexibility index (Phi) is 6.17. The van der Waals surface area contributed by atoms with Crippen molar-refractivity contribution < 1.29 is 40.0 Å². The monoisotopic (exact) mass is 435 g/mol. The molecule has 0 radical (unpaired) electrons. The molecule has 0 spiro atoms. The molecular formula is C15H9ClF7NO2S. The lowest BCUT2D eigenvalue weighted by atomic mass is 10.2. The summed E-state index contributed by atoms with van der Waals surface area (Å²) >= 11 is 3.10. The van der Waals surface area contributed by atoms with Crippen LogP contribution in [0.25, 0.3) is 0 Å². The number of ether oxygens (including phenoxy) is 1. The number of hydrogen-bond acceptors (Lipinski definition) is 3. The number of pyridine rings is 1. The van der Waals surface area contributed by atoms with Crippen LogP contribution in [0.4, 0.5) is 30.7 Å². The summed E-state index contributed by atoms with van der Waals surface area (Å²) in [5.41, 5.74) is -1.19. The molecule has 1 unspecified atom stereocenters. The number of rotatable bonds is 4.